The van der Waals surface area contributed by atoms with Gasteiger partial charge in [0.15, 0.2) is 0 Å². The van der Waals surface area contributed by atoms with E-state index in [2.05, 4.69) is 5.32 Å². The standard InChI is InChI=1S/C14H21N3O/c15-11-6-8-12(9-7-11)17-14(18)13(16)10-4-2-1-3-5-10/h1-5,11-13H,6-9,15-16H2,(H,17,18)/t11?,12?,13-/m1/s1. The summed E-state index contributed by atoms with van der Waals surface area (Å²) in [5.74, 6) is -0.0957. The number of carbonyl (C=O) groups is 1. The van der Waals surface area contributed by atoms with Crippen LogP contribution in [-0.2, 0) is 4.79 Å². The normalized spacial score (nSPS) is 25.4. The van der Waals surface area contributed by atoms with Crippen LogP contribution in [0.25, 0.3) is 0 Å². The van der Waals surface area contributed by atoms with E-state index in [9.17, 15) is 4.79 Å². The summed E-state index contributed by atoms with van der Waals surface area (Å²) in [5.41, 5.74) is 12.6. The maximum Gasteiger partial charge on any atom is 0.241 e. The van der Waals surface area contributed by atoms with Crippen LogP contribution in [-0.4, -0.2) is 18.0 Å². The molecule has 4 heteroatoms. The lowest BCUT2D eigenvalue weighted by atomic mass is 9.91. The monoisotopic (exact) mass is 247 g/mol. The van der Waals surface area contributed by atoms with Crippen LogP contribution < -0.4 is 16.8 Å². The Bertz CT molecular complexity index is 385. The van der Waals surface area contributed by atoms with Crippen molar-refractivity contribution < 1.29 is 4.79 Å². The zero-order valence-corrected chi connectivity index (χ0v) is 10.5. The summed E-state index contributed by atoms with van der Waals surface area (Å²) in [5, 5.41) is 3.02. The summed E-state index contributed by atoms with van der Waals surface area (Å²) in [6, 6.07) is 9.39. The van der Waals surface area contributed by atoms with Gasteiger partial charge in [-0.2, -0.15) is 0 Å². The van der Waals surface area contributed by atoms with Crippen LogP contribution >= 0.6 is 0 Å². The maximum absolute atomic E-state index is 12.0. The number of nitrogens with one attached hydrogen (secondary N) is 1. The van der Waals surface area contributed by atoms with Crippen molar-refractivity contribution in [3.63, 3.8) is 0 Å². The number of amides is 1. The van der Waals surface area contributed by atoms with Gasteiger partial charge in [-0.25, -0.2) is 0 Å². The molecule has 1 aliphatic carbocycles. The molecule has 0 heterocycles. The van der Waals surface area contributed by atoms with Gasteiger partial charge in [-0.1, -0.05) is 30.3 Å². The fraction of sp³-hybridized carbons (Fsp3) is 0.500. The van der Waals surface area contributed by atoms with Gasteiger partial charge in [-0.15, -0.1) is 0 Å². The van der Waals surface area contributed by atoms with E-state index < -0.39 is 6.04 Å². The molecule has 2 rings (SSSR count). The van der Waals surface area contributed by atoms with Crippen LogP contribution in [0.3, 0.4) is 0 Å². The molecule has 1 aromatic carbocycles. The highest BCUT2D eigenvalue weighted by Crippen LogP contribution is 2.18. The van der Waals surface area contributed by atoms with Gasteiger partial charge in [0.1, 0.15) is 6.04 Å². The van der Waals surface area contributed by atoms with E-state index in [0.717, 1.165) is 31.2 Å². The van der Waals surface area contributed by atoms with Crippen LogP contribution in [0.15, 0.2) is 30.3 Å². The van der Waals surface area contributed by atoms with E-state index in [4.69, 9.17) is 11.5 Å². The van der Waals surface area contributed by atoms with Crippen molar-refractivity contribution in [1.82, 2.24) is 5.32 Å². The van der Waals surface area contributed by atoms with Crippen LogP contribution in [0.4, 0.5) is 0 Å². The number of nitrogens with two attached hydrogens (primary N) is 2. The first kappa shape index (κ1) is 13.1. The molecular weight excluding hydrogens is 226 g/mol. The minimum atomic E-state index is -0.582. The Balaban J connectivity index is 1.88. The van der Waals surface area contributed by atoms with Gasteiger partial charge in [0.05, 0.1) is 0 Å². The highest BCUT2D eigenvalue weighted by atomic mass is 16.2. The minimum absolute atomic E-state index is 0.0957. The predicted molar refractivity (Wildman–Crippen MR) is 71.7 cm³/mol. The third kappa shape index (κ3) is 3.31. The number of rotatable bonds is 3. The summed E-state index contributed by atoms with van der Waals surface area (Å²) in [6.45, 7) is 0. The van der Waals surface area contributed by atoms with E-state index >= 15 is 0 Å². The third-order valence-corrected chi connectivity index (χ3v) is 3.56. The molecule has 0 spiro atoms. The van der Waals surface area contributed by atoms with Crippen LogP contribution in [0.2, 0.25) is 0 Å². The van der Waals surface area contributed by atoms with Gasteiger partial charge < -0.3 is 16.8 Å². The average molecular weight is 247 g/mol. The molecule has 1 aliphatic rings. The van der Waals surface area contributed by atoms with Gasteiger partial charge in [-0.05, 0) is 31.2 Å². The van der Waals surface area contributed by atoms with Crippen molar-refractivity contribution in [2.75, 3.05) is 0 Å². The van der Waals surface area contributed by atoms with E-state index in [1.165, 1.54) is 0 Å². The average Bonchev–Trinajstić information content (AvgIpc) is 2.41. The zero-order chi connectivity index (χ0) is 13.0. The van der Waals surface area contributed by atoms with E-state index in [1.807, 2.05) is 30.3 Å². The Labute approximate surface area is 108 Å². The molecule has 0 radical (unpaired) electrons. The molecule has 0 aromatic heterocycles. The maximum atomic E-state index is 12.0. The van der Waals surface area contributed by atoms with Crippen molar-refractivity contribution in [2.24, 2.45) is 11.5 Å². The van der Waals surface area contributed by atoms with Crippen molar-refractivity contribution in [3.05, 3.63) is 35.9 Å². The first-order chi connectivity index (χ1) is 8.66. The molecule has 98 valence electrons. The summed E-state index contributed by atoms with van der Waals surface area (Å²) in [7, 11) is 0. The molecule has 0 saturated heterocycles. The van der Waals surface area contributed by atoms with Crippen molar-refractivity contribution in [2.45, 2.75) is 43.8 Å². The topological polar surface area (TPSA) is 81.1 Å². The summed E-state index contributed by atoms with van der Waals surface area (Å²) in [4.78, 5) is 12.0. The second-order valence-corrected chi connectivity index (χ2v) is 5.01. The number of hydrogen-bond donors (Lipinski definition) is 3. The molecule has 1 atom stereocenters. The van der Waals surface area contributed by atoms with E-state index in [0.29, 0.717) is 6.04 Å². The lowest BCUT2D eigenvalue weighted by molar-refractivity contribution is -0.123. The molecular formula is C14H21N3O. The fourth-order valence-corrected chi connectivity index (χ4v) is 2.37. The second-order valence-electron chi connectivity index (χ2n) is 5.01. The van der Waals surface area contributed by atoms with Crippen molar-refractivity contribution in [1.29, 1.82) is 0 Å². The molecule has 0 bridgehead atoms. The van der Waals surface area contributed by atoms with Crippen LogP contribution in [0, 0.1) is 0 Å². The predicted octanol–water partition coefficient (Wildman–Crippen LogP) is 1.07. The summed E-state index contributed by atoms with van der Waals surface area (Å²) < 4.78 is 0. The fourth-order valence-electron chi connectivity index (χ4n) is 2.37. The molecule has 4 nitrogen and oxygen atoms in total. The molecule has 18 heavy (non-hydrogen) atoms. The summed E-state index contributed by atoms with van der Waals surface area (Å²) >= 11 is 0. The molecule has 1 amide bonds. The molecule has 1 aromatic rings. The summed E-state index contributed by atoms with van der Waals surface area (Å²) in [6.07, 6.45) is 3.86. The van der Waals surface area contributed by atoms with Gasteiger partial charge in [0.2, 0.25) is 5.91 Å². The van der Waals surface area contributed by atoms with Gasteiger partial charge in [-0.3, -0.25) is 4.79 Å². The van der Waals surface area contributed by atoms with Gasteiger partial charge in [0, 0.05) is 12.1 Å². The third-order valence-electron chi connectivity index (χ3n) is 3.56. The largest absolute Gasteiger partial charge is 0.352 e. The highest BCUT2D eigenvalue weighted by Gasteiger charge is 2.23. The SMILES string of the molecule is NC1CCC(NC(=O)[C@H](N)c2ccccc2)CC1. The minimum Gasteiger partial charge on any atom is -0.352 e. The van der Waals surface area contributed by atoms with E-state index in [-0.39, 0.29) is 11.9 Å². The molecule has 5 N–H and O–H groups in total. The first-order valence-electron chi connectivity index (χ1n) is 6.53. The number of carbonyl (C=O) groups excluding carboxylic acids is 1. The molecule has 1 saturated carbocycles. The van der Waals surface area contributed by atoms with Crippen LogP contribution in [0.1, 0.15) is 37.3 Å². The Morgan fingerprint density at radius 2 is 1.78 bits per heavy atom. The Hall–Kier alpha value is -1.39. The Morgan fingerprint density at radius 3 is 2.39 bits per heavy atom. The van der Waals surface area contributed by atoms with Crippen molar-refractivity contribution in [3.8, 4) is 0 Å². The molecule has 0 unspecified atom stereocenters. The second kappa shape index (κ2) is 5.98. The van der Waals surface area contributed by atoms with E-state index in [1.54, 1.807) is 0 Å². The highest BCUT2D eigenvalue weighted by molar-refractivity contribution is 5.83. The molecule has 0 aliphatic heterocycles. The van der Waals surface area contributed by atoms with Crippen LogP contribution in [0.5, 0.6) is 0 Å². The first-order valence-corrected chi connectivity index (χ1v) is 6.53. The molecule has 1 fully saturated rings. The van der Waals surface area contributed by atoms with Gasteiger partial charge >= 0.3 is 0 Å². The van der Waals surface area contributed by atoms with Gasteiger partial charge in [0.25, 0.3) is 0 Å². The zero-order valence-electron chi connectivity index (χ0n) is 10.5. The Morgan fingerprint density at radius 1 is 1.17 bits per heavy atom. The smallest absolute Gasteiger partial charge is 0.241 e. The van der Waals surface area contributed by atoms with Crippen molar-refractivity contribution >= 4 is 5.91 Å². The number of hydrogen-bond acceptors (Lipinski definition) is 3. The lowest BCUT2D eigenvalue weighted by Crippen LogP contribution is -2.44. The Kier molecular flexibility index (Phi) is 4.33. The number of benzene rings is 1. The lowest BCUT2D eigenvalue weighted by Gasteiger charge is -2.27. The quantitative estimate of drug-likeness (QED) is 0.747.